The smallest absolute Gasteiger partial charge is 0.167 e. The molecule has 0 amide bonds. The monoisotopic (exact) mass is 360 g/mol. The highest BCUT2D eigenvalue weighted by Gasteiger charge is 2.59. The highest BCUT2D eigenvalue weighted by Crippen LogP contribution is 2.56. The van der Waals surface area contributed by atoms with Crippen LogP contribution in [0.4, 0.5) is 0 Å². The molecule has 4 rings (SSSR count). The van der Waals surface area contributed by atoms with Gasteiger partial charge in [0, 0.05) is 33.9 Å². The molecule has 0 bridgehead atoms. The summed E-state index contributed by atoms with van der Waals surface area (Å²) in [5, 5.41) is 0.645. The third-order valence-corrected chi connectivity index (χ3v) is 5.25. The number of rotatable bonds is 5. The summed E-state index contributed by atoms with van der Waals surface area (Å²) in [4.78, 5) is 26.1. The third-order valence-electron chi connectivity index (χ3n) is 5.00. The number of benzene rings is 3. The predicted octanol–water partition coefficient (Wildman–Crippen LogP) is 5.44. The quantitative estimate of drug-likeness (QED) is 0.568. The second-order valence-electron chi connectivity index (χ2n) is 6.59. The maximum absolute atomic E-state index is 13.0. The first kappa shape index (κ1) is 16.7. The Kier molecular flexibility index (Phi) is 4.44. The number of halogens is 1. The van der Waals surface area contributed by atoms with Crippen molar-refractivity contribution in [1.82, 2.24) is 0 Å². The first-order valence-corrected chi connectivity index (χ1v) is 8.98. The zero-order chi connectivity index (χ0) is 18.1. The van der Waals surface area contributed by atoms with E-state index in [1.807, 2.05) is 84.9 Å². The average Bonchev–Trinajstić information content (AvgIpc) is 3.44. The minimum absolute atomic E-state index is 0.0276. The highest BCUT2D eigenvalue weighted by atomic mass is 35.5. The van der Waals surface area contributed by atoms with Gasteiger partial charge in [-0.15, -0.1) is 0 Å². The topological polar surface area (TPSA) is 34.1 Å². The van der Waals surface area contributed by atoms with Gasteiger partial charge in [-0.05, 0) is 17.7 Å². The summed E-state index contributed by atoms with van der Waals surface area (Å²) in [6.07, 6.45) is 0. The van der Waals surface area contributed by atoms with Crippen LogP contribution >= 0.6 is 11.6 Å². The molecule has 3 heteroatoms. The summed E-state index contributed by atoms with van der Waals surface area (Å²) in [7, 11) is 0. The van der Waals surface area contributed by atoms with E-state index in [2.05, 4.69) is 0 Å². The Labute approximate surface area is 157 Å². The molecular formula is C23H17ClO2. The van der Waals surface area contributed by atoms with Crippen LogP contribution in [-0.2, 0) is 0 Å². The van der Waals surface area contributed by atoms with Crippen LogP contribution in [0.1, 0.15) is 32.2 Å². The molecule has 0 heterocycles. The summed E-state index contributed by atoms with van der Waals surface area (Å²) < 4.78 is 0. The van der Waals surface area contributed by atoms with E-state index in [0.717, 1.165) is 5.56 Å². The average molecular weight is 361 g/mol. The molecule has 26 heavy (non-hydrogen) atoms. The molecule has 1 aliphatic carbocycles. The fourth-order valence-corrected chi connectivity index (χ4v) is 3.78. The molecule has 0 N–H and O–H groups in total. The first-order valence-electron chi connectivity index (χ1n) is 8.61. The Bertz CT molecular complexity index is 875. The maximum Gasteiger partial charge on any atom is 0.167 e. The lowest BCUT2D eigenvalue weighted by atomic mass is 10.0. The molecule has 1 fully saturated rings. The van der Waals surface area contributed by atoms with Gasteiger partial charge in [0.2, 0.25) is 0 Å². The van der Waals surface area contributed by atoms with E-state index >= 15 is 0 Å². The van der Waals surface area contributed by atoms with Crippen LogP contribution < -0.4 is 0 Å². The van der Waals surface area contributed by atoms with Gasteiger partial charge in [-0.2, -0.15) is 0 Å². The molecule has 0 spiro atoms. The molecular weight excluding hydrogens is 344 g/mol. The van der Waals surface area contributed by atoms with Crippen molar-refractivity contribution < 1.29 is 9.59 Å². The molecule has 0 aromatic heterocycles. The van der Waals surface area contributed by atoms with Gasteiger partial charge in [-0.1, -0.05) is 84.4 Å². The molecule has 128 valence electrons. The standard InChI is InChI=1S/C23H17ClO2/c24-18-13-11-15(12-14-18)19-20(22(25)16-7-3-1-4-8-16)21(19)23(26)17-9-5-2-6-10-17/h1-14,19-21H/t19?,20-,21+. The number of carbonyl (C=O) groups is 2. The molecule has 2 nitrogen and oxygen atoms in total. The van der Waals surface area contributed by atoms with Crippen molar-refractivity contribution in [2.24, 2.45) is 11.8 Å². The number of ketones is 2. The summed E-state index contributed by atoms with van der Waals surface area (Å²) in [6.45, 7) is 0. The molecule has 3 atom stereocenters. The molecule has 1 unspecified atom stereocenters. The van der Waals surface area contributed by atoms with E-state index in [1.165, 1.54) is 0 Å². The fraction of sp³-hybridized carbons (Fsp3) is 0.130. The van der Waals surface area contributed by atoms with Gasteiger partial charge in [-0.25, -0.2) is 0 Å². The molecule has 0 saturated heterocycles. The number of Topliss-reactive ketones (excluding diaryl/α,β-unsaturated/α-hetero) is 2. The van der Waals surface area contributed by atoms with Gasteiger partial charge in [-0.3, -0.25) is 9.59 Å². The van der Waals surface area contributed by atoms with Gasteiger partial charge in [0.25, 0.3) is 0 Å². The lowest BCUT2D eigenvalue weighted by molar-refractivity contribution is 0.0906. The maximum atomic E-state index is 13.0. The normalized spacial score (nSPS) is 21.2. The lowest BCUT2D eigenvalue weighted by Crippen LogP contribution is -2.09. The Balaban J connectivity index is 1.68. The van der Waals surface area contributed by atoms with Crippen molar-refractivity contribution >= 4 is 23.2 Å². The SMILES string of the molecule is O=C(c1ccccc1)[C@@H]1C(c2ccc(Cl)cc2)[C@@H]1C(=O)c1ccccc1. The van der Waals surface area contributed by atoms with Crippen LogP contribution in [0.5, 0.6) is 0 Å². The van der Waals surface area contributed by atoms with Gasteiger partial charge in [0.05, 0.1) is 0 Å². The Morgan fingerprint density at radius 3 is 1.46 bits per heavy atom. The van der Waals surface area contributed by atoms with E-state index in [4.69, 9.17) is 11.6 Å². The predicted molar refractivity (Wildman–Crippen MR) is 103 cm³/mol. The van der Waals surface area contributed by atoms with Crippen LogP contribution in [-0.4, -0.2) is 11.6 Å². The van der Waals surface area contributed by atoms with Crippen molar-refractivity contribution in [3.05, 3.63) is 107 Å². The minimum atomic E-state index is -0.328. The molecule has 3 aromatic rings. The van der Waals surface area contributed by atoms with Crippen molar-refractivity contribution in [3.8, 4) is 0 Å². The number of hydrogen-bond donors (Lipinski definition) is 0. The van der Waals surface area contributed by atoms with E-state index < -0.39 is 0 Å². The van der Waals surface area contributed by atoms with Crippen LogP contribution in [0.3, 0.4) is 0 Å². The van der Waals surface area contributed by atoms with Crippen molar-refractivity contribution in [3.63, 3.8) is 0 Å². The summed E-state index contributed by atoms with van der Waals surface area (Å²) >= 11 is 5.99. The first-order chi connectivity index (χ1) is 12.7. The largest absolute Gasteiger partial charge is 0.294 e. The summed E-state index contributed by atoms with van der Waals surface area (Å²) in [6, 6.07) is 25.8. The van der Waals surface area contributed by atoms with Crippen molar-refractivity contribution in [1.29, 1.82) is 0 Å². The third kappa shape index (κ3) is 3.09. The second kappa shape index (κ2) is 6.89. The van der Waals surface area contributed by atoms with Crippen LogP contribution in [0.25, 0.3) is 0 Å². The highest BCUT2D eigenvalue weighted by molar-refractivity contribution is 6.30. The number of carbonyl (C=O) groups excluding carboxylic acids is 2. The molecule has 0 aliphatic heterocycles. The number of hydrogen-bond acceptors (Lipinski definition) is 2. The zero-order valence-electron chi connectivity index (χ0n) is 14.0. The summed E-state index contributed by atoms with van der Waals surface area (Å²) in [5.41, 5.74) is 2.29. The van der Waals surface area contributed by atoms with Crippen LogP contribution in [0.15, 0.2) is 84.9 Å². The van der Waals surface area contributed by atoms with Crippen LogP contribution in [0.2, 0.25) is 5.02 Å². The second-order valence-corrected chi connectivity index (χ2v) is 7.03. The summed E-state index contributed by atoms with van der Waals surface area (Å²) in [5.74, 6) is -0.704. The van der Waals surface area contributed by atoms with Crippen molar-refractivity contribution in [2.75, 3.05) is 0 Å². The Morgan fingerprint density at radius 1 is 0.615 bits per heavy atom. The molecule has 3 aromatic carbocycles. The molecule has 1 saturated carbocycles. The van der Waals surface area contributed by atoms with Crippen LogP contribution in [0, 0.1) is 11.8 Å². The zero-order valence-corrected chi connectivity index (χ0v) is 14.8. The van der Waals surface area contributed by atoms with Gasteiger partial charge in [0.1, 0.15) is 0 Å². The molecule has 1 aliphatic rings. The van der Waals surface area contributed by atoms with Gasteiger partial charge < -0.3 is 0 Å². The van der Waals surface area contributed by atoms with E-state index in [9.17, 15) is 9.59 Å². The Hall–Kier alpha value is -2.71. The van der Waals surface area contributed by atoms with Crippen molar-refractivity contribution in [2.45, 2.75) is 5.92 Å². The lowest BCUT2D eigenvalue weighted by Gasteiger charge is -2.01. The van der Waals surface area contributed by atoms with E-state index in [1.54, 1.807) is 0 Å². The van der Waals surface area contributed by atoms with E-state index in [0.29, 0.717) is 16.1 Å². The fourth-order valence-electron chi connectivity index (χ4n) is 3.65. The Morgan fingerprint density at radius 2 is 1.04 bits per heavy atom. The van der Waals surface area contributed by atoms with Gasteiger partial charge in [0.15, 0.2) is 11.6 Å². The minimum Gasteiger partial charge on any atom is -0.294 e. The van der Waals surface area contributed by atoms with E-state index in [-0.39, 0.29) is 29.3 Å². The van der Waals surface area contributed by atoms with Gasteiger partial charge >= 0.3 is 0 Å². The molecule has 0 radical (unpaired) electrons.